The van der Waals surface area contributed by atoms with Crippen molar-refractivity contribution in [3.63, 3.8) is 0 Å². The van der Waals surface area contributed by atoms with Gasteiger partial charge in [0, 0.05) is 4.90 Å². The summed E-state index contributed by atoms with van der Waals surface area (Å²) in [4.78, 5) is 12.5. The second-order valence-electron chi connectivity index (χ2n) is 4.10. The van der Waals surface area contributed by atoms with Crippen molar-refractivity contribution >= 4 is 35.0 Å². The molecule has 7 heteroatoms. The third kappa shape index (κ3) is 4.38. The average Bonchev–Trinajstić information content (AvgIpc) is 2.49. The Morgan fingerprint density at radius 2 is 2.14 bits per heavy atom. The van der Waals surface area contributed by atoms with Crippen LogP contribution < -0.4 is 10.1 Å². The number of benzene rings is 2. The number of hydrogen-bond acceptors (Lipinski definition) is 4. The van der Waals surface area contributed by atoms with Crippen molar-refractivity contribution in [2.24, 2.45) is 0 Å². The number of carbonyl (C=O) groups is 1. The molecule has 4 nitrogen and oxygen atoms in total. The molecule has 2 rings (SSSR count). The molecular formula is C15H10ClFN2O2S. The number of hydrogen-bond donors (Lipinski definition) is 1. The molecule has 0 radical (unpaired) electrons. The van der Waals surface area contributed by atoms with Crippen LogP contribution in [0.25, 0.3) is 0 Å². The van der Waals surface area contributed by atoms with E-state index in [-0.39, 0.29) is 12.4 Å². The number of nitrogens with one attached hydrogen (secondary N) is 1. The summed E-state index contributed by atoms with van der Waals surface area (Å²) in [6.45, 7) is -0.341. The number of rotatable bonds is 5. The van der Waals surface area contributed by atoms with E-state index in [2.05, 4.69) is 5.32 Å². The highest BCUT2D eigenvalue weighted by molar-refractivity contribution is 8.03. The Morgan fingerprint density at radius 3 is 2.82 bits per heavy atom. The summed E-state index contributed by atoms with van der Waals surface area (Å²) < 4.78 is 18.4. The number of thioether (sulfide) groups is 1. The van der Waals surface area contributed by atoms with Crippen LogP contribution in [0.4, 0.5) is 10.1 Å². The molecule has 0 bridgehead atoms. The SMILES string of the molecule is N#CSc1ccc(NC(=O)COc2ccccc2F)c(Cl)c1. The summed E-state index contributed by atoms with van der Waals surface area (Å²) in [7, 11) is 0. The van der Waals surface area contributed by atoms with Crippen molar-refractivity contribution in [2.75, 3.05) is 11.9 Å². The third-order valence-corrected chi connectivity index (χ3v) is 3.47. The second-order valence-corrected chi connectivity index (χ2v) is 5.37. The topological polar surface area (TPSA) is 62.1 Å². The molecular weight excluding hydrogens is 327 g/mol. The first-order valence-corrected chi connectivity index (χ1v) is 7.32. The van der Waals surface area contributed by atoms with Crippen LogP contribution >= 0.6 is 23.4 Å². The minimum atomic E-state index is -0.536. The summed E-state index contributed by atoms with van der Waals surface area (Å²) in [5.41, 5.74) is 0.395. The predicted octanol–water partition coefficient (Wildman–Crippen LogP) is 4.07. The van der Waals surface area contributed by atoms with Crippen LogP contribution in [0, 0.1) is 16.5 Å². The molecule has 0 fully saturated rings. The van der Waals surface area contributed by atoms with Crippen molar-refractivity contribution in [2.45, 2.75) is 4.90 Å². The van der Waals surface area contributed by atoms with E-state index in [0.717, 1.165) is 11.8 Å². The van der Waals surface area contributed by atoms with Gasteiger partial charge in [-0.3, -0.25) is 4.79 Å². The Labute approximate surface area is 135 Å². The molecule has 0 saturated heterocycles. The first kappa shape index (κ1) is 16.1. The summed E-state index contributed by atoms with van der Waals surface area (Å²) in [5.74, 6) is -0.999. The summed E-state index contributed by atoms with van der Waals surface area (Å²) >= 11 is 6.98. The largest absolute Gasteiger partial charge is 0.481 e. The molecule has 0 aliphatic rings. The fraction of sp³-hybridized carbons (Fsp3) is 0.0667. The average molecular weight is 337 g/mol. The second kappa shape index (κ2) is 7.69. The van der Waals surface area contributed by atoms with Crippen molar-refractivity contribution in [1.82, 2.24) is 0 Å². The van der Waals surface area contributed by atoms with Gasteiger partial charge in [-0.05, 0) is 42.1 Å². The molecule has 2 aromatic carbocycles. The zero-order chi connectivity index (χ0) is 15.9. The van der Waals surface area contributed by atoms with E-state index in [1.807, 2.05) is 5.40 Å². The van der Waals surface area contributed by atoms with Crippen LogP contribution in [-0.4, -0.2) is 12.5 Å². The zero-order valence-corrected chi connectivity index (χ0v) is 12.7. The molecule has 112 valence electrons. The van der Waals surface area contributed by atoms with Gasteiger partial charge in [-0.15, -0.1) is 0 Å². The molecule has 0 heterocycles. The Morgan fingerprint density at radius 1 is 1.36 bits per heavy atom. The lowest BCUT2D eigenvalue weighted by atomic mass is 10.3. The van der Waals surface area contributed by atoms with Crippen LogP contribution in [0.1, 0.15) is 0 Å². The summed E-state index contributed by atoms with van der Waals surface area (Å²) in [5, 5.41) is 13.4. The minimum absolute atomic E-state index is 0.00418. The monoisotopic (exact) mass is 336 g/mol. The van der Waals surface area contributed by atoms with Gasteiger partial charge in [-0.2, -0.15) is 5.26 Å². The Bertz CT molecular complexity index is 734. The van der Waals surface area contributed by atoms with Crippen LogP contribution in [0.2, 0.25) is 5.02 Å². The molecule has 0 aliphatic heterocycles. The van der Waals surface area contributed by atoms with Gasteiger partial charge < -0.3 is 10.1 Å². The van der Waals surface area contributed by atoms with E-state index in [9.17, 15) is 9.18 Å². The van der Waals surface area contributed by atoms with Crippen LogP contribution in [-0.2, 0) is 4.79 Å². The van der Waals surface area contributed by atoms with E-state index in [1.54, 1.807) is 24.3 Å². The highest BCUT2D eigenvalue weighted by Crippen LogP contribution is 2.27. The van der Waals surface area contributed by atoms with Crippen LogP contribution in [0.3, 0.4) is 0 Å². The number of thiocyanates is 1. The normalized spacial score (nSPS) is 9.86. The quantitative estimate of drug-likeness (QED) is 0.660. The molecule has 1 N–H and O–H groups in total. The van der Waals surface area contributed by atoms with Crippen LogP contribution in [0.15, 0.2) is 47.4 Å². The Hall–Kier alpha value is -2.23. The molecule has 22 heavy (non-hydrogen) atoms. The Kier molecular flexibility index (Phi) is 5.64. The maximum Gasteiger partial charge on any atom is 0.262 e. The fourth-order valence-electron chi connectivity index (χ4n) is 1.60. The number of anilines is 1. The van der Waals surface area contributed by atoms with Gasteiger partial charge in [0.1, 0.15) is 5.40 Å². The summed E-state index contributed by atoms with van der Waals surface area (Å²) in [6.07, 6.45) is 0. The third-order valence-electron chi connectivity index (χ3n) is 2.57. The van der Waals surface area contributed by atoms with Crippen molar-refractivity contribution in [3.8, 4) is 11.2 Å². The van der Waals surface area contributed by atoms with Crippen LogP contribution in [0.5, 0.6) is 5.75 Å². The first-order chi connectivity index (χ1) is 10.6. The highest BCUT2D eigenvalue weighted by atomic mass is 35.5. The maximum absolute atomic E-state index is 13.3. The Balaban J connectivity index is 1.95. The molecule has 0 aromatic heterocycles. The van der Waals surface area contributed by atoms with Crippen molar-refractivity contribution in [3.05, 3.63) is 53.3 Å². The lowest BCUT2D eigenvalue weighted by Gasteiger charge is -2.09. The summed E-state index contributed by atoms with van der Waals surface area (Å²) in [6, 6.07) is 10.6. The van der Waals surface area contributed by atoms with E-state index in [0.29, 0.717) is 15.6 Å². The lowest BCUT2D eigenvalue weighted by Crippen LogP contribution is -2.20. The van der Waals surface area contributed by atoms with Crippen molar-refractivity contribution < 1.29 is 13.9 Å². The number of nitriles is 1. The molecule has 0 saturated carbocycles. The highest BCUT2D eigenvalue weighted by Gasteiger charge is 2.09. The number of carbonyl (C=O) groups excluding carboxylic acids is 1. The number of para-hydroxylation sites is 1. The fourth-order valence-corrected chi connectivity index (χ4v) is 2.32. The van der Waals surface area contributed by atoms with Crippen molar-refractivity contribution in [1.29, 1.82) is 5.26 Å². The standard InChI is InChI=1S/C15H10ClFN2O2S/c16-11-7-10(22-9-18)5-6-13(11)19-15(20)8-21-14-4-2-1-3-12(14)17/h1-7H,8H2,(H,19,20). The van der Waals surface area contributed by atoms with E-state index in [1.165, 1.54) is 18.2 Å². The number of nitrogens with zero attached hydrogens (tertiary/aromatic N) is 1. The molecule has 0 atom stereocenters. The zero-order valence-electron chi connectivity index (χ0n) is 11.2. The molecule has 1 amide bonds. The van der Waals surface area contributed by atoms with Gasteiger partial charge in [-0.25, -0.2) is 4.39 Å². The van der Waals surface area contributed by atoms with E-state index in [4.69, 9.17) is 21.6 Å². The van der Waals surface area contributed by atoms with Gasteiger partial charge in [0.25, 0.3) is 5.91 Å². The van der Waals surface area contributed by atoms with Gasteiger partial charge in [0.15, 0.2) is 18.2 Å². The van der Waals surface area contributed by atoms with Gasteiger partial charge in [-0.1, -0.05) is 23.7 Å². The van der Waals surface area contributed by atoms with Gasteiger partial charge in [0.2, 0.25) is 0 Å². The number of ether oxygens (including phenoxy) is 1. The van der Waals surface area contributed by atoms with Gasteiger partial charge >= 0.3 is 0 Å². The molecule has 2 aromatic rings. The van der Waals surface area contributed by atoms with E-state index >= 15 is 0 Å². The minimum Gasteiger partial charge on any atom is -0.481 e. The molecule has 0 unspecified atom stereocenters. The smallest absolute Gasteiger partial charge is 0.262 e. The predicted molar refractivity (Wildman–Crippen MR) is 83.4 cm³/mol. The first-order valence-electron chi connectivity index (χ1n) is 6.13. The number of amides is 1. The maximum atomic E-state index is 13.3. The number of halogens is 2. The van der Waals surface area contributed by atoms with E-state index < -0.39 is 11.7 Å². The van der Waals surface area contributed by atoms with Gasteiger partial charge in [0.05, 0.1) is 10.7 Å². The lowest BCUT2D eigenvalue weighted by molar-refractivity contribution is -0.118. The molecule has 0 aliphatic carbocycles. The molecule has 0 spiro atoms.